The summed E-state index contributed by atoms with van der Waals surface area (Å²) in [5.41, 5.74) is 5.95. The highest BCUT2D eigenvalue weighted by Gasteiger charge is 2.29. The van der Waals surface area contributed by atoms with Crippen LogP contribution < -0.4 is 15.8 Å². The van der Waals surface area contributed by atoms with Gasteiger partial charge < -0.3 is 15.8 Å². The van der Waals surface area contributed by atoms with Crippen molar-refractivity contribution in [2.45, 2.75) is 37.9 Å². The van der Waals surface area contributed by atoms with Crippen LogP contribution in [0.2, 0.25) is 0 Å². The van der Waals surface area contributed by atoms with Crippen LogP contribution in [0.4, 0.5) is 18.9 Å². The highest BCUT2D eigenvalue weighted by molar-refractivity contribution is 5.48. The molecule has 114 valence electrons. The molecule has 1 unspecified atom stereocenters. The van der Waals surface area contributed by atoms with Crippen LogP contribution in [-0.2, 0) is 0 Å². The van der Waals surface area contributed by atoms with E-state index in [2.05, 4.69) is 5.32 Å². The number of hydrogen-bond donors (Lipinski definition) is 2. The third kappa shape index (κ3) is 5.69. The van der Waals surface area contributed by atoms with Gasteiger partial charge in [0, 0.05) is 24.2 Å². The van der Waals surface area contributed by atoms with Crippen molar-refractivity contribution in [1.82, 2.24) is 0 Å². The molecule has 0 bridgehead atoms. The fourth-order valence-corrected chi connectivity index (χ4v) is 1.92. The molecule has 0 aliphatic carbocycles. The zero-order valence-corrected chi connectivity index (χ0v) is 11.8. The standard InChI is InChI=1S/C14H21F3N2O/c1-13(10-18,8-3-9-14(15,16)17)19-11-4-6-12(20-2)7-5-11/h4-7,19H,3,8-10,18H2,1-2H3. The second-order valence-corrected chi connectivity index (χ2v) is 5.09. The monoisotopic (exact) mass is 290 g/mol. The van der Waals surface area contributed by atoms with Gasteiger partial charge in [-0.1, -0.05) is 0 Å². The van der Waals surface area contributed by atoms with Crippen LogP contribution in [0.25, 0.3) is 0 Å². The first kappa shape index (κ1) is 16.6. The van der Waals surface area contributed by atoms with E-state index in [0.29, 0.717) is 6.42 Å². The Labute approximate surface area is 117 Å². The van der Waals surface area contributed by atoms with E-state index in [9.17, 15) is 13.2 Å². The first-order valence-electron chi connectivity index (χ1n) is 6.47. The van der Waals surface area contributed by atoms with Crippen LogP contribution in [-0.4, -0.2) is 25.4 Å². The van der Waals surface area contributed by atoms with E-state index >= 15 is 0 Å². The van der Waals surface area contributed by atoms with Crippen LogP contribution in [0.5, 0.6) is 5.75 Å². The first-order chi connectivity index (χ1) is 9.28. The second-order valence-electron chi connectivity index (χ2n) is 5.09. The van der Waals surface area contributed by atoms with Gasteiger partial charge in [0.15, 0.2) is 0 Å². The molecule has 0 saturated heterocycles. The van der Waals surface area contributed by atoms with Crippen molar-refractivity contribution in [3.63, 3.8) is 0 Å². The lowest BCUT2D eigenvalue weighted by molar-refractivity contribution is -0.136. The van der Waals surface area contributed by atoms with Crippen molar-refractivity contribution in [2.24, 2.45) is 5.73 Å². The lowest BCUT2D eigenvalue weighted by atomic mass is 9.94. The van der Waals surface area contributed by atoms with E-state index in [1.807, 2.05) is 19.1 Å². The largest absolute Gasteiger partial charge is 0.497 e. The zero-order valence-electron chi connectivity index (χ0n) is 11.8. The Hall–Kier alpha value is -1.43. The molecule has 0 radical (unpaired) electrons. The van der Waals surface area contributed by atoms with Gasteiger partial charge in [-0.05, 0) is 44.0 Å². The number of nitrogens with two attached hydrogens (primary N) is 1. The van der Waals surface area contributed by atoms with Gasteiger partial charge in [0.1, 0.15) is 5.75 Å². The average molecular weight is 290 g/mol. The highest BCUT2D eigenvalue weighted by atomic mass is 19.4. The maximum atomic E-state index is 12.2. The molecular weight excluding hydrogens is 269 g/mol. The predicted octanol–water partition coefficient (Wildman–Crippen LogP) is 3.56. The Bertz CT molecular complexity index is 406. The van der Waals surface area contributed by atoms with Crippen LogP contribution in [0.15, 0.2) is 24.3 Å². The van der Waals surface area contributed by atoms with E-state index < -0.39 is 18.1 Å². The molecule has 3 nitrogen and oxygen atoms in total. The SMILES string of the molecule is COc1ccc(NC(C)(CN)CCCC(F)(F)F)cc1. The number of ether oxygens (including phenoxy) is 1. The van der Waals surface area contributed by atoms with Gasteiger partial charge in [-0.2, -0.15) is 13.2 Å². The van der Waals surface area contributed by atoms with Gasteiger partial charge in [-0.3, -0.25) is 0 Å². The number of nitrogens with one attached hydrogen (secondary N) is 1. The van der Waals surface area contributed by atoms with Crippen molar-refractivity contribution >= 4 is 5.69 Å². The van der Waals surface area contributed by atoms with Crippen molar-refractivity contribution in [2.75, 3.05) is 19.0 Å². The summed E-state index contributed by atoms with van der Waals surface area (Å²) in [6.07, 6.45) is -4.49. The fourth-order valence-electron chi connectivity index (χ4n) is 1.92. The van der Waals surface area contributed by atoms with Crippen LogP contribution in [0.3, 0.4) is 0 Å². The molecule has 0 heterocycles. The third-order valence-electron chi connectivity index (χ3n) is 3.18. The molecule has 0 saturated carbocycles. The molecule has 1 atom stereocenters. The molecule has 3 N–H and O–H groups in total. The minimum absolute atomic E-state index is 0.0559. The summed E-state index contributed by atoms with van der Waals surface area (Å²) in [7, 11) is 1.57. The highest BCUT2D eigenvalue weighted by Crippen LogP contribution is 2.27. The number of hydrogen-bond acceptors (Lipinski definition) is 3. The van der Waals surface area contributed by atoms with Crippen LogP contribution in [0, 0.1) is 0 Å². The smallest absolute Gasteiger partial charge is 0.389 e. The van der Waals surface area contributed by atoms with Gasteiger partial charge in [-0.15, -0.1) is 0 Å². The topological polar surface area (TPSA) is 47.3 Å². The Morgan fingerprint density at radius 3 is 2.20 bits per heavy atom. The molecule has 0 aliphatic heterocycles. The minimum Gasteiger partial charge on any atom is -0.497 e. The number of alkyl halides is 3. The fraction of sp³-hybridized carbons (Fsp3) is 0.571. The Kier molecular flexibility index (Phi) is 5.68. The van der Waals surface area contributed by atoms with Crippen LogP contribution >= 0.6 is 0 Å². The molecule has 0 spiro atoms. The van der Waals surface area contributed by atoms with E-state index in [4.69, 9.17) is 10.5 Å². The summed E-state index contributed by atoms with van der Waals surface area (Å²) in [6, 6.07) is 7.21. The number of anilines is 1. The number of rotatable bonds is 7. The van der Waals surface area contributed by atoms with Gasteiger partial charge >= 0.3 is 6.18 Å². The number of benzene rings is 1. The molecule has 0 amide bonds. The second kappa shape index (κ2) is 6.83. The van der Waals surface area contributed by atoms with Crippen LogP contribution in [0.1, 0.15) is 26.2 Å². The van der Waals surface area contributed by atoms with Crippen molar-refractivity contribution in [3.8, 4) is 5.75 Å². The molecule has 6 heteroatoms. The van der Waals surface area contributed by atoms with E-state index in [1.54, 1.807) is 19.2 Å². The normalized spacial score (nSPS) is 14.7. The molecule has 1 aromatic rings. The lowest BCUT2D eigenvalue weighted by Gasteiger charge is -2.31. The molecule has 0 fully saturated rings. The van der Waals surface area contributed by atoms with Gasteiger partial charge in [0.2, 0.25) is 0 Å². The van der Waals surface area contributed by atoms with Crippen molar-refractivity contribution in [3.05, 3.63) is 24.3 Å². The third-order valence-corrected chi connectivity index (χ3v) is 3.18. The maximum Gasteiger partial charge on any atom is 0.389 e. The maximum absolute atomic E-state index is 12.2. The Morgan fingerprint density at radius 2 is 1.75 bits per heavy atom. The lowest BCUT2D eigenvalue weighted by Crippen LogP contribution is -2.42. The quantitative estimate of drug-likeness (QED) is 0.807. The van der Waals surface area contributed by atoms with Gasteiger partial charge in [0.25, 0.3) is 0 Å². The van der Waals surface area contributed by atoms with Gasteiger partial charge in [-0.25, -0.2) is 0 Å². The van der Waals surface area contributed by atoms with Gasteiger partial charge in [0.05, 0.1) is 7.11 Å². The number of methoxy groups -OCH3 is 1. The average Bonchev–Trinajstić information content (AvgIpc) is 2.38. The Balaban J connectivity index is 2.59. The minimum atomic E-state index is -4.12. The molecule has 1 rings (SSSR count). The molecular formula is C14H21F3N2O. The van der Waals surface area contributed by atoms with E-state index in [1.165, 1.54) is 0 Å². The first-order valence-corrected chi connectivity index (χ1v) is 6.47. The van der Waals surface area contributed by atoms with E-state index in [-0.39, 0.29) is 13.0 Å². The zero-order chi connectivity index (χ0) is 15.2. The molecule has 20 heavy (non-hydrogen) atoms. The van der Waals surface area contributed by atoms with Crippen molar-refractivity contribution < 1.29 is 17.9 Å². The summed E-state index contributed by atoms with van der Waals surface area (Å²) in [5.74, 6) is 0.724. The summed E-state index contributed by atoms with van der Waals surface area (Å²) in [5, 5.41) is 3.19. The summed E-state index contributed by atoms with van der Waals surface area (Å²) < 4.78 is 41.6. The van der Waals surface area contributed by atoms with E-state index in [0.717, 1.165) is 11.4 Å². The Morgan fingerprint density at radius 1 is 1.15 bits per heavy atom. The molecule has 0 aliphatic rings. The summed E-state index contributed by atoms with van der Waals surface area (Å²) in [6.45, 7) is 2.09. The predicted molar refractivity (Wildman–Crippen MR) is 74.0 cm³/mol. The summed E-state index contributed by atoms with van der Waals surface area (Å²) >= 11 is 0. The summed E-state index contributed by atoms with van der Waals surface area (Å²) in [4.78, 5) is 0. The number of halogens is 3. The molecule has 1 aromatic carbocycles. The van der Waals surface area contributed by atoms with Crippen molar-refractivity contribution in [1.29, 1.82) is 0 Å². The molecule has 0 aromatic heterocycles.